The second-order valence-electron chi connectivity index (χ2n) is 8.28. The number of carbonyl (C=O) groups excluding carboxylic acids is 1. The third-order valence-electron chi connectivity index (χ3n) is 5.78. The minimum absolute atomic E-state index is 0.221. The molecule has 1 aliphatic carbocycles. The van der Waals surface area contributed by atoms with Crippen LogP contribution in [0.1, 0.15) is 38.2 Å². The van der Waals surface area contributed by atoms with E-state index in [0.717, 1.165) is 21.9 Å². The number of hydrogen-bond donors (Lipinski definition) is 2. The van der Waals surface area contributed by atoms with Gasteiger partial charge in [-0.25, -0.2) is 13.2 Å². The summed E-state index contributed by atoms with van der Waals surface area (Å²) in [6, 6.07) is 11.2. The molecule has 0 bridgehead atoms. The molecule has 2 atom stereocenters. The zero-order valence-electron chi connectivity index (χ0n) is 18.7. The topological polar surface area (TPSA) is 46.3 Å². The Bertz CT molecular complexity index is 861. The van der Waals surface area contributed by atoms with Crippen molar-refractivity contribution in [3.05, 3.63) is 59.9 Å². The van der Waals surface area contributed by atoms with E-state index in [1.165, 1.54) is 37.8 Å². The van der Waals surface area contributed by atoms with Crippen LogP contribution in [0, 0.1) is 11.7 Å². The van der Waals surface area contributed by atoms with E-state index in [9.17, 15) is 18.0 Å². The lowest BCUT2D eigenvalue weighted by Crippen LogP contribution is -2.45. The molecule has 0 spiro atoms. The monoisotopic (exact) mass is 466 g/mol. The number of alkyl halides is 2. The van der Waals surface area contributed by atoms with Gasteiger partial charge in [0.2, 0.25) is 6.41 Å². The summed E-state index contributed by atoms with van der Waals surface area (Å²) in [6.07, 6.45) is 8.26. The fourth-order valence-electron chi connectivity index (χ4n) is 3.92. The summed E-state index contributed by atoms with van der Waals surface area (Å²) in [5, 5.41) is 0. The Balaban J connectivity index is 0.000000387. The molecule has 1 amide bonds. The summed E-state index contributed by atoms with van der Waals surface area (Å²) in [5.41, 5.74) is 7.88. The Hall–Kier alpha value is -1.99. The van der Waals surface area contributed by atoms with Crippen molar-refractivity contribution >= 4 is 19.0 Å². The molecule has 4 rings (SSSR count). The fraction of sp³-hybridized carbons (Fsp3) is 0.480. The van der Waals surface area contributed by atoms with Crippen molar-refractivity contribution in [3.8, 4) is 11.1 Å². The van der Waals surface area contributed by atoms with Crippen LogP contribution in [0.25, 0.3) is 11.1 Å². The zero-order chi connectivity index (χ0) is 23.7. The standard InChI is InChI=1S/C18H17F3N2O.C6H12.CH4S/c19-15-6-2-5-14(9-15)13-4-1-3-12(7-13)8-16-17(22)18(20,21)10-23(16)11-24;1-2-3-6-4-5-6;1-2/h1-7,9,11,16-17H,8,10,22H2;6H,2-5H2,1H3;2H,1H3. The van der Waals surface area contributed by atoms with Crippen LogP contribution in [-0.2, 0) is 11.2 Å². The van der Waals surface area contributed by atoms with Gasteiger partial charge in [0.1, 0.15) is 5.82 Å². The molecule has 0 aromatic heterocycles. The number of rotatable bonds is 6. The van der Waals surface area contributed by atoms with Crippen molar-refractivity contribution in [2.75, 3.05) is 12.8 Å². The minimum Gasteiger partial charge on any atom is -0.334 e. The van der Waals surface area contributed by atoms with E-state index in [2.05, 4.69) is 19.6 Å². The maximum Gasteiger partial charge on any atom is 0.282 e. The number of likely N-dealkylation sites (tertiary alicyclic amines) is 1. The number of nitrogens with two attached hydrogens (primary N) is 1. The van der Waals surface area contributed by atoms with E-state index in [-0.39, 0.29) is 12.2 Å². The van der Waals surface area contributed by atoms with Crippen LogP contribution in [0.4, 0.5) is 13.2 Å². The van der Waals surface area contributed by atoms with Gasteiger partial charge in [-0.15, -0.1) is 0 Å². The van der Waals surface area contributed by atoms with Crippen molar-refractivity contribution in [1.29, 1.82) is 0 Å². The molecule has 3 nitrogen and oxygen atoms in total. The largest absolute Gasteiger partial charge is 0.334 e. The second kappa shape index (κ2) is 12.3. The number of carbonyl (C=O) groups is 1. The van der Waals surface area contributed by atoms with Crippen LogP contribution < -0.4 is 5.73 Å². The van der Waals surface area contributed by atoms with Crippen LogP contribution in [0.3, 0.4) is 0 Å². The summed E-state index contributed by atoms with van der Waals surface area (Å²) >= 11 is 3.53. The highest BCUT2D eigenvalue weighted by atomic mass is 32.1. The third-order valence-corrected chi connectivity index (χ3v) is 5.78. The Kier molecular flexibility index (Phi) is 10.1. The molecule has 2 aromatic carbocycles. The lowest BCUT2D eigenvalue weighted by Gasteiger charge is -2.22. The van der Waals surface area contributed by atoms with Crippen molar-refractivity contribution in [3.63, 3.8) is 0 Å². The Morgan fingerprint density at radius 2 is 1.75 bits per heavy atom. The van der Waals surface area contributed by atoms with E-state index in [4.69, 9.17) is 5.73 Å². The van der Waals surface area contributed by atoms with Crippen molar-refractivity contribution < 1.29 is 18.0 Å². The minimum atomic E-state index is -3.09. The first-order chi connectivity index (χ1) is 15.3. The van der Waals surface area contributed by atoms with Crippen molar-refractivity contribution in [2.45, 2.75) is 57.0 Å². The zero-order valence-corrected chi connectivity index (χ0v) is 19.6. The normalized spacial score (nSPS) is 21.2. The first-order valence-electron chi connectivity index (χ1n) is 11.0. The van der Waals surface area contributed by atoms with Gasteiger partial charge in [0.05, 0.1) is 18.6 Å². The van der Waals surface area contributed by atoms with Gasteiger partial charge in [0.15, 0.2) is 0 Å². The van der Waals surface area contributed by atoms with Gasteiger partial charge >= 0.3 is 0 Å². The molecule has 1 saturated heterocycles. The average molecular weight is 467 g/mol. The summed E-state index contributed by atoms with van der Waals surface area (Å²) in [7, 11) is 0. The van der Waals surface area contributed by atoms with E-state index in [0.29, 0.717) is 12.0 Å². The van der Waals surface area contributed by atoms with Gasteiger partial charge in [0, 0.05) is 0 Å². The average Bonchev–Trinajstić information content (AvgIpc) is 3.58. The summed E-state index contributed by atoms with van der Waals surface area (Å²) in [4.78, 5) is 12.1. The number of hydrogen-bond acceptors (Lipinski definition) is 3. The molecule has 32 heavy (non-hydrogen) atoms. The van der Waals surface area contributed by atoms with Crippen molar-refractivity contribution in [1.82, 2.24) is 4.90 Å². The van der Waals surface area contributed by atoms with Crippen LogP contribution in [0.5, 0.6) is 0 Å². The molecule has 2 N–H and O–H groups in total. The molecule has 1 saturated carbocycles. The number of benzene rings is 2. The molecule has 2 unspecified atom stereocenters. The number of halogens is 3. The smallest absolute Gasteiger partial charge is 0.282 e. The SMILES string of the molecule is CCCC1CC1.CS.NC1C(Cc2cccc(-c3cccc(F)c3)c2)N(C=O)CC1(F)F. The molecule has 176 valence electrons. The number of nitrogens with zero attached hydrogens (tertiary/aromatic N) is 1. The van der Waals surface area contributed by atoms with Gasteiger partial charge in [0.25, 0.3) is 5.92 Å². The molecule has 0 radical (unpaired) electrons. The molecule has 7 heteroatoms. The number of thiol groups is 1. The van der Waals surface area contributed by atoms with Gasteiger partial charge in [-0.05, 0) is 47.4 Å². The maximum atomic E-state index is 13.7. The van der Waals surface area contributed by atoms with Crippen LogP contribution in [-0.4, -0.2) is 42.1 Å². The fourth-order valence-corrected chi connectivity index (χ4v) is 3.92. The predicted octanol–water partition coefficient (Wildman–Crippen LogP) is 5.58. The molecule has 2 aliphatic rings. The quantitative estimate of drug-likeness (QED) is 0.431. The number of amides is 1. The van der Waals surface area contributed by atoms with Crippen molar-refractivity contribution in [2.24, 2.45) is 11.7 Å². The highest BCUT2D eigenvalue weighted by molar-refractivity contribution is 7.79. The lowest BCUT2D eigenvalue weighted by atomic mass is 9.96. The van der Waals surface area contributed by atoms with Gasteiger partial charge in [-0.2, -0.15) is 12.6 Å². The summed E-state index contributed by atoms with van der Waals surface area (Å²) < 4.78 is 40.9. The molecule has 2 fully saturated rings. The Morgan fingerprint density at radius 3 is 2.28 bits per heavy atom. The molecule has 1 aliphatic heterocycles. The third kappa shape index (κ3) is 7.27. The Labute approximate surface area is 194 Å². The van der Waals surface area contributed by atoms with Gasteiger partial charge < -0.3 is 10.6 Å². The first kappa shape index (κ1) is 26.3. The van der Waals surface area contributed by atoms with Gasteiger partial charge in [-0.1, -0.05) is 69.0 Å². The molecule has 2 aromatic rings. The van der Waals surface area contributed by atoms with E-state index < -0.39 is 24.6 Å². The first-order valence-corrected chi connectivity index (χ1v) is 11.9. The molecular weight excluding hydrogens is 433 g/mol. The molecular formula is C25H33F3N2OS. The second-order valence-corrected chi connectivity index (χ2v) is 8.28. The van der Waals surface area contributed by atoms with E-state index in [1.807, 2.05) is 6.07 Å². The van der Waals surface area contributed by atoms with Gasteiger partial charge in [-0.3, -0.25) is 4.79 Å². The highest BCUT2D eigenvalue weighted by Gasteiger charge is 2.52. The summed E-state index contributed by atoms with van der Waals surface area (Å²) in [6.45, 7) is 1.60. The van der Waals surface area contributed by atoms with Crippen LogP contribution in [0.2, 0.25) is 0 Å². The van der Waals surface area contributed by atoms with E-state index in [1.54, 1.807) is 36.6 Å². The van der Waals surface area contributed by atoms with Crippen LogP contribution >= 0.6 is 12.6 Å². The maximum absolute atomic E-state index is 13.7. The van der Waals surface area contributed by atoms with Crippen LogP contribution in [0.15, 0.2) is 48.5 Å². The Morgan fingerprint density at radius 1 is 1.12 bits per heavy atom. The lowest BCUT2D eigenvalue weighted by molar-refractivity contribution is -0.120. The molecule has 1 heterocycles. The highest BCUT2D eigenvalue weighted by Crippen LogP contribution is 2.33. The summed E-state index contributed by atoms with van der Waals surface area (Å²) in [5.74, 6) is -2.29. The predicted molar refractivity (Wildman–Crippen MR) is 128 cm³/mol. The van der Waals surface area contributed by atoms with E-state index >= 15 is 0 Å².